The van der Waals surface area contributed by atoms with Crippen LogP contribution in [0.5, 0.6) is 0 Å². The highest BCUT2D eigenvalue weighted by molar-refractivity contribution is 6.03. The van der Waals surface area contributed by atoms with E-state index in [1.807, 2.05) is 13.8 Å². The fraction of sp³-hybridized carbons (Fsp3) is 0.312. The summed E-state index contributed by atoms with van der Waals surface area (Å²) in [4.78, 5) is 20.2. The summed E-state index contributed by atoms with van der Waals surface area (Å²) < 4.78 is 38.9. The number of hydrogen-bond donors (Lipinski definition) is 2. The van der Waals surface area contributed by atoms with E-state index in [1.165, 1.54) is 30.5 Å². The predicted molar refractivity (Wildman–Crippen MR) is 84.8 cm³/mol. The number of hydrogen-bond acceptors (Lipinski definition) is 4. The maximum Gasteiger partial charge on any atom is 0.418 e. The Bertz CT molecular complexity index is 716. The van der Waals surface area contributed by atoms with Gasteiger partial charge in [0.25, 0.3) is 5.91 Å². The molecule has 0 radical (unpaired) electrons. The van der Waals surface area contributed by atoms with Crippen molar-refractivity contribution in [3.63, 3.8) is 0 Å². The second-order valence-electron chi connectivity index (χ2n) is 5.54. The van der Waals surface area contributed by atoms with Crippen LogP contribution in [0.4, 0.5) is 24.8 Å². The summed E-state index contributed by atoms with van der Waals surface area (Å²) in [5.74, 6) is -0.133. The average Bonchev–Trinajstić information content (AvgIpc) is 2.52. The Balaban J connectivity index is 2.18. The van der Waals surface area contributed by atoms with E-state index < -0.39 is 17.6 Å². The molecule has 0 saturated heterocycles. The van der Waals surface area contributed by atoms with Crippen LogP contribution in [0, 0.1) is 5.92 Å². The largest absolute Gasteiger partial charge is 0.418 e. The summed E-state index contributed by atoms with van der Waals surface area (Å²) in [6, 6.07) is 6.12. The predicted octanol–water partition coefficient (Wildman–Crippen LogP) is 3.82. The maximum absolute atomic E-state index is 13.0. The molecule has 0 saturated carbocycles. The molecule has 128 valence electrons. The Labute approximate surface area is 137 Å². The van der Waals surface area contributed by atoms with Gasteiger partial charge in [0, 0.05) is 12.7 Å². The van der Waals surface area contributed by atoms with Crippen LogP contribution in [0.1, 0.15) is 29.9 Å². The van der Waals surface area contributed by atoms with Gasteiger partial charge >= 0.3 is 6.18 Å². The highest BCUT2D eigenvalue weighted by Crippen LogP contribution is 2.34. The molecular weight excluding hydrogens is 321 g/mol. The molecule has 1 aromatic heterocycles. The van der Waals surface area contributed by atoms with Crippen molar-refractivity contribution in [1.82, 2.24) is 9.97 Å². The SMILES string of the molecule is CC(C)CNc1nccc(C(=O)Nc2ccccc2C(F)(F)F)n1. The smallest absolute Gasteiger partial charge is 0.354 e. The number of benzene rings is 1. The molecule has 2 N–H and O–H groups in total. The number of para-hydroxylation sites is 1. The molecule has 0 spiro atoms. The number of amides is 1. The molecule has 2 rings (SSSR count). The molecule has 1 heterocycles. The van der Waals surface area contributed by atoms with Gasteiger partial charge < -0.3 is 10.6 Å². The van der Waals surface area contributed by atoms with Gasteiger partial charge in [-0.05, 0) is 24.1 Å². The summed E-state index contributed by atoms with van der Waals surface area (Å²) in [6.07, 6.45) is -3.18. The second kappa shape index (κ2) is 7.29. The first kappa shape index (κ1) is 17.7. The third-order valence-corrected chi connectivity index (χ3v) is 3.04. The van der Waals surface area contributed by atoms with E-state index in [1.54, 1.807) is 0 Å². The second-order valence-corrected chi connectivity index (χ2v) is 5.54. The minimum atomic E-state index is -4.56. The minimum Gasteiger partial charge on any atom is -0.354 e. The van der Waals surface area contributed by atoms with E-state index in [-0.39, 0.29) is 17.3 Å². The number of nitrogens with zero attached hydrogens (tertiary/aromatic N) is 2. The molecule has 0 aliphatic rings. The molecule has 0 aliphatic heterocycles. The maximum atomic E-state index is 13.0. The first-order valence-electron chi connectivity index (χ1n) is 7.32. The molecule has 5 nitrogen and oxygen atoms in total. The molecule has 0 fully saturated rings. The van der Waals surface area contributed by atoms with E-state index in [0.29, 0.717) is 12.5 Å². The number of carbonyl (C=O) groups is 1. The summed E-state index contributed by atoms with van der Waals surface area (Å²) in [7, 11) is 0. The molecule has 2 aromatic rings. The van der Waals surface area contributed by atoms with Gasteiger partial charge in [-0.3, -0.25) is 4.79 Å². The molecule has 0 unspecified atom stereocenters. The number of carbonyl (C=O) groups excluding carboxylic acids is 1. The number of halogens is 3. The van der Waals surface area contributed by atoms with Crippen molar-refractivity contribution in [2.45, 2.75) is 20.0 Å². The Hall–Kier alpha value is -2.64. The van der Waals surface area contributed by atoms with Crippen molar-refractivity contribution < 1.29 is 18.0 Å². The first-order chi connectivity index (χ1) is 11.3. The molecule has 0 aliphatic carbocycles. The quantitative estimate of drug-likeness (QED) is 0.870. The summed E-state index contributed by atoms with van der Waals surface area (Å²) in [5.41, 5.74) is -1.25. The molecular formula is C16H17F3N4O. The van der Waals surface area contributed by atoms with Gasteiger partial charge in [-0.15, -0.1) is 0 Å². The van der Waals surface area contributed by atoms with Gasteiger partial charge in [-0.1, -0.05) is 26.0 Å². The van der Waals surface area contributed by atoms with Crippen LogP contribution in [-0.4, -0.2) is 22.4 Å². The molecule has 24 heavy (non-hydrogen) atoms. The van der Waals surface area contributed by atoms with Crippen LogP contribution < -0.4 is 10.6 Å². The van der Waals surface area contributed by atoms with E-state index in [2.05, 4.69) is 20.6 Å². The zero-order chi connectivity index (χ0) is 17.7. The Kier molecular flexibility index (Phi) is 5.38. The fourth-order valence-corrected chi connectivity index (χ4v) is 1.89. The van der Waals surface area contributed by atoms with Gasteiger partial charge in [0.1, 0.15) is 5.69 Å². The van der Waals surface area contributed by atoms with Crippen LogP contribution in [0.15, 0.2) is 36.5 Å². The molecule has 8 heteroatoms. The van der Waals surface area contributed by atoms with Crippen molar-refractivity contribution in [1.29, 1.82) is 0 Å². The fourth-order valence-electron chi connectivity index (χ4n) is 1.89. The Morgan fingerprint density at radius 3 is 2.58 bits per heavy atom. The monoisotopic (exact) mass is 338 g/mol. The lowest BCUT2D eigenvalue weighted by molar-refractivity contribution is -0.136. The van der Waals surface area contributed by atoms with Crippen LogP contribution in [0.3, 0.4) is 0 Å². The highest BCUT2D eigenvalue weighted by Gasteiger charge is 2.33. The van der Waals surface area contributed by atoms with Crippen LogP contribution in [0.2, 0.25) is 0 Å². The first-order valence-corrected chi connectivity index (χ1v) is 7.32. The Morgan fingerprint density at radius 2 is 1.92 bits per heavy atom. The minimum absolute atomic E-state index is 0.0202. The average molecular weight is 338 g/mol. The van der Waals surface area contributed by atoms with Crippen molar-refractivity contribution in [3.05, 3.63) is 47.8 Å². The van der Waals surface area contributed by atoms with Crippen molar-refractivity contribution >= 4 is 17.5 Å². The zero-order valence-corrected chi connectivity index (χ0v) is 13.2. The number of alkyl halides is 3. The van der Waals surface area contributed by atoms with Gasteiger partial charge in [-0.2, -0.15) is 13.2 Å². The Morgan fingerprint density at radius 1 is 1.21 bits per heavy atom. The molecule has 0 bridgehead atoms. The molecule has 0 atom stereocenters. The van der Waals surface area contributed by atoms with Gasteiger partial charge in [0.15, 0.2) is 0 Å². The lowest BCUT2D eigenvalue weighted by Crippen LogP contribution is -2.19. The highest BCUT2D eigenvalue weighted by atomic mass is 19.4. The number of rotatable bonds is 5. The lowest BCUT2D eigenvalue weighted by atomic mass is 10.1. The van der Waals surface area contributed by atoms with Crippen LogP contribution in [0.25, 0.3) is 0 Å². The topological polar surface area (TPSA) is 66.9 Å². The van der Waals surface area contributed by atoms with Gasteiger partial charge in [0.2, 0.25) is 5.95 Å². The van der Waals surface area contributed by atoms with Gasteiger partial charge in [-0.25, -0.2) is 9.97 Å². The van der Waals surface area contributed by atoms with Crippen LogP contribution >= 0.6 is 0 Å². The summed E-state index contributed by atoms with van der Waals surface area (Å²) in [5, 5.41) is 5.21. The number of anilines is 2. The standard InChI is InChI=1S/C16H17F3N4O/c1-10(2)9-21-15-20-8-7-13(23-15)14(24)22-12-6-4-3-5-11(12)16(17,18)19/h3-8,10H,9H2,1-2H3,(H,22,24)(H,20,21,23). The van der Waals surface area contributed by atoms with E-state index >= 15 is 0 Å². The van der Waals surface area contributed by atoms with E-state index in [0.717, 1.165) is 6.07 Å². The molecule has 1 amide bonds. The zero-order valence-electron chi connectivity index (χ0n) is 13.2. The van der Waals surface area contributed by atoms with Gasteiger partial charge in [0.05, 0.1) is 11.3 Å². The normalized spacial score (nSPS) is 11.4. The summed E-state index contributed by atoms with van der Waals surface area (Å²) >= 11 is 0. The van der Waals surface area contributed by atoms with E-state index in [9.17, 15) is 18.0 Å². The summed E-state index contributed by atoms with van der Waals surface area (Å²) in [6.45, 7) is 4.61. The number of aromatic nitrogens is 2. The third-order valence-electron chi connectivity index (χ3n) is 3.04. The third kappa shape index (κ3) is 4.68. The van der Waals surface area contributed by atoms with Crippen molar-refractivity contribution in [2.75, 3.05) is 17.2 Å². The molecule has 1 aromatic carbocycles. The van der Waals surface area contributed by atoms with Crippen molar-refractivity contribution in [2.24, 2.45) is 5.92 Å². The van der Waals surface area contributed by atoms with E-state index in [4.69, 9.17) is 0 Å². The van der Waals surface area contributed by atoms with Crippen LogP contribution in [-0.2, 0) is 6.18 Å². The number of nitrogens with one attached hydrogen (secondary N) is 2. The van der Waals surface area contributed by atoms with Crippen molar-refractivity contribution in [3.8, 4) is 0 Å². The lowest BCUT2D eigenvalue weighted by Gasteiger charge is -2.13.